The van der Waals surface area contributed by atoms with Crippen molar-refractivity contribution in [3.05, 3.63) is 77.9 Å². The Bertz CT molecular complexity index is 949. The van der Waals surface area contributed by atoms with Crippen LogP contribution in [0.1, 0.15) is 36.8 Å². The van der Waals surface area contributed by atoms with E-state index in [4.69, 9.17) is 5.73 Å². The van der Waals surface area contributed by atoms with Gasteiger partial charge in [-0.15, -0.1) is 12.4 Å². The molecule has 1 saturated carbocycles. The van der Waals surface area contributed by atoms with Crippen LogP contribution in [0.2, 0.25) is 0 Å². The van der Waals surface area contributed by atoms with Crippen LogP contribution in [0.5, 0.6) is 0 Å². The minimum atomic E-state index is -0.0286. The quantitative estimate of drug-likeness (QED) is 0.651. The first kappa shape index (κ1) is 19.4. The Balaban J connectivity index is 0.00000210. The summed E-state index contributed by atoms with van der Waals surface area (Å²) in [7, 11) is 0. The standard InChI is InChI=1S/C23H24N2O.ClH/c1-2-23(24)15-21(23)17-10-12-19(13-11-17)25-22(26)14-18-8-5-7-16-6-3-4-9-20(16)18;/h3-13,21H,2,14-15,24H2,1H3,(H,25,26);1H. The van der Waals surface area contributed by atoms with E-state index in [0.29, 0.717) is 12.3 Å². The Morgan fingerprint density at radius 3 is 2.48 bits per heavy atom. The Hall–Kier alpha value is -2.36. The maximum absolute atomic E-state index is 12.5. The molecule has 0 radical (unpaired) electrons. The van der Waals surface area contributed by atoms with Crippen molar-refractivity contribution in [2.24, 2.45) is 5.73 Å². The van der Waals surface area contributed by atoms with Gasteiger partial charge in [-0.1, -0.05) is 61.5 Å². The monoisotopic (exact) mass is 380 g/mol. The Morgan fingerprint density at radius 2 is 1.78 bits per heavy atom. The maximum atomic E-state index is 12.5. The predicted molar refractivity (Wildman–Crippen MR) is 115 cm³/mol. The SMILES string of the molecule is CCC1(N)CC1c1ccc(NC(=O)Cc2cccc3ccccc23)cc1.Cl. The molecule has 3 nitrogen and oxygen atoms in total. The molecule has 140 valence electrons. The summed E-state index contributed by atoms with van der Waals surface area (Å²) in [6.45, 7) is 2.14. The lowest BCUT2D eigenvalue weighted by molar-refractivity contribution is -0.115. The van der Waals surface area contributed by atoms with Crippen LogP contribution in [0.15, 0.2) is 66.7 Å². The number of hydrogen-bond donors (Lipinski definition) is 2. The highest BCUT2D eigenvalue weighted by atomic mass is 35.5. The van der Waals surface area contributed by atoms with Crippen molar-refractivity contribution in [2.75, 3.05) is 5.32 Å². The molecule has 4 rings (SSSR count). The van der Waals surface area contributed by atoms with Crippen LogP contribution in [-0.4, -0.2) is 11.4 Å². The summed E-state index contributed by atoms with van der Waals surface area (Å²) in [5, 5.41) is 5.30. The fourth-order valence-corrected chi connectivity index (χ4v) is 3.79. The summed E-state index contributed by atoms with van der Waals surface area (Å²) in [5.41, 5.74) is 9.42. The largest absolute Gasteiger partial charge is 0.326 e. The molecule has 27 heavy (non-hydrogen) atoms. The third-order valence-electron chi connectivity index (χ3n) is 5.60. The number of carbonyl (C=O) groups is 1. The average molecular weight is 381 g/mol. The molecule has 1 amide bonds. The minimum absolute atomic E-state index is 0. The van der Waals surface area contributed by atoms with Crippen molar-refractivity contribution in [1.29, 1.82) is 0 Å². The second-order valence-corrected chi connectivity index (χ2v) is 7.33. The molecule has 0 aromatic heterocycles. The van der Waals surface area contributed by atoms with Gasteiger partial charge < -0.3 is 11.1 Å². The molecule has 0 heterocycles. The van der Waals surface area contributed by atoms with E-state index < -0.39 is 0 Å². The zero-order chi connectivity index (χ0) is 18.1. The zero-order valence-electron chi connectivity index (χ0n) is 15.4. The van der Waals surface area contributed by atoms with Gasteiger partial charge in [0.2, 0.25) is 5.91 Å². The fraction of sp³-hybridized carbons (Fsp3) is 0.261. The van der Waals surface area contributed by atoms with E-state index in [9.17, 15) is 4.79 Å². The number of anilines is 1. The van der Waals surface area contributed by atoms with Gasteiger partial charge in [0.15, 0.2) is 0 Å². The number of hydrogen-bond acceptors (Lipinski definition) is 2. The van der Waals surface area contributed by atoms with Crippen molar-refractivity contribution < 1.29 is 4.79 Å². The number of fused-ring (bicyclic) bond motifs is 1. The molecule has 3 aromatic rings. The van der Waals surface area contributed by atoms with Crippen molar-refractivity contribution in [1.82, 2.24) is 0 Å². The molecular formula is C23H25ClN2O. The maximum Gasteiger partial charge on any atom is 0.228 e. The number of carbonyl (C=O) groups excluding carboxylic acids is 1. The second kappa shape index (κ2) is 7.71. The first-order chi connectivity index (χ1) is 12.6. The second-order valence-electron chi connectivity index (χ2n) is 7.33. The van der Waals surface area contributed by atoms with E-state index >= 15 is 0 Å². The van der Waals surface area contributed by atoms with E-state index in [0.717, 1.165) is 34.9 Å². The van der Waals surface area contributed by atoms with Gasteiger partial charge in [0.1, 0.15) is 0 Å². The molecular weight excluding hydrogens is 356 g/mol. The van der Waals surface area contributed by atoms with Crippen molar-refractivity contribution in [3.63, 3.8) is 0 Å². The van der Waals surface area contributed by atoms with Crippen molar-refractivity contribution >= 4 is 34.8 Å². The van der Waals surface area contributed by atoms with Crippen LogP contribution < -0.4 is 11.1 Å². The van der Waals surface area contributed by atoms with Crippen LogP contribution in [-0.2, 0) is 11.2 Å². The first-order valence-corrected chi connectivity index (χ1v) is 9.24. The lowest BCUT2D eigenvalue weighted by Gasteiger charge is -2.10. The Labute approximate surface area is 166 Å². The molecule has 0 aliphatic heterocycles. The van der Waals surface area contributed by atoms with Gasteiger partial charge in [-0.3, -0.25) is 4.79 Å². The summed E-state index contributed by atoms with van der Waals surface area (Å²) in [6.07, 6.45) is 2.42. The minimum Gasteiger partial charge on any atom is -0.326 e. The predicted octanol–water partition coefficient (Wildman–Crippen LogP) is 5.04. The summed E-state index contributed by atoms with van der Waals surface area (Å²) in [6, 6.07) is 22.4. The molecule has 1 aliphatic carbocycles. The van der Waals surface area contributed by atoms with Gasteiger partial charge in [0, 0.05) is 17.1 Å². The number of halogens is 1. The molecule has 4 heteroatoms. The normalized spacial score (nSPS) is 20.7. The Morgan fingerprint density at radius 1 is 1.07 bits per heavy atom. The van der Waals surface area contributed by atoms with Crippen LogP contribution in [0, 0.1) is 0 Å². The third kappa shape index (κ3) is 4.00. The zero-order valence-corrected chi connectivity index (χ0v) is 16.3. The molecule has 3 N–H and O–H groups in total. The van der Waals surface area contributed by atoms with Gasteiger partial charge in [0.05, 0.1) is 6.42 Å². The van der Waals surface area contributed by atoms with Crippen molar-refractivity contribution in [2.45, 2.75) is 37.6 Å². The van der Waals surface area contributed by atoms with Crippen molar-refractivity contribution in [3.8, 4) is 0 Å². The number of nitrogens with one attached hydrogen (secondary N) is 1. The van der Waals surface area contributed by atoms with Crippen LogP contribution in [0.4, 0.5) is 5.69 Å². The lowest BCUT2D eigenvalue weighted by atomic mass is 10.0. The fourth-order valence-electron chi connectivity index (χ4n) is 3.79. The van der Waals surface area contributed by atoms with Crippen LogP contribution in [0.25, 0.3) is 10.8 Å². The van der Waals surface area contributed by atoms with Gasteiger partial charge >= 0.3 is 0 Å². The molecule has 2 unspecified atom stereocenters. The highest BCUT2D eigenvalue weighted by Crippen LogP contribution is 2.51. The average Bonchev–Trinajstić information content (AvgIpc) is 3.35. The van der Waals surface area contributed by atoms with Gasteiger partial charge in [-0.05, 0) is 46.9 Å². The summed E-state index contributed by atoms with van der Waals surface area (Å²) in [4.78, 5) is 12.5. The molecule has 3 aromatic carbocycles. The van der Waals surface area contributed by atoms with Gasteiger partial charge in [-0.2, -0.15) is 0 Å². The van der Waals surface area contributed by atoms with E-state index in [-0.39, 0.29) is 23.9 Å². The van der Waals surface area contributed by atoms with E-state index in [1.807, 2.05) is 36.4 Å². The van der Waals surface area contributed by atoms with E-state index in [1.54, 1.807) is 0 Å². The molecule has 2 atom stereocenters. The van der Waals surface area contributed by atoms with Gasteiger partial charge in [0.25, 0.3) is 0 Å². The number of rotatable bonds is 5. The molecule has 0 spiro atoms. The molecule has 1 aliphatic rings. The smallest absolute Gasteiger partial charge is 0.228 e. The first-order valence-electron chi connectivity index (χ1n) is 9.24. The number of benzene rings is 3. The van der Waals surface area contributed by atoms with Gasteiger partial charge in [-0.25, -0.2) is 0 Å². The van der Waals surface area contributed by atoms with E-state index in [2.05, 4.69) is 42.6 Å². The lowest BCUT2D eigenvalue weighted by Crippen LogP contribution is -2.22. The highest BCUT2D eigenvalue weighted by molar-refractivity contribution is 5.96. The number of amides is 1. The molecule has 1 fully saturated rings. The van der Waals surface area contributed by atoms with E-state index in [1.165, 1.54) is 5.56 Å². The third-order valence-corrected chi connectivity index (χ3v) is 5.60. The Kier molecular flexibility index (Phi) is 5.54. The number of nitrogens with two attached hydrogens (primary N) is 1. The summed E-state index contributed by atoms with van der Waals surface area (Å²) < 4.78 is 0. The highest BCUT2D eigenvalue weighted by Gasteiger charge is 2.49. The van der Waals surface area contributed by atoms with Crippen LogP contribution >= 0.6 is 12.4 Å². The molecule has 0 bridgehead atoms. The summed E-state index contributed by atoms with van der Waals surface area (Å²) in [5.74, 6) is 0.454. The molecule has 0 saturated heterocycles. The van der Waals surface area contributed by atoms with Crippen LogP contribution in [0.3, 0.4) is 0 Å². The topological polar surface area (TPSA) is 55.1 Å². The summed E-state index contributed by atoms with van der Waals surface area (Å²) >= 11 is 0.